The van der Waals surface area contributed by atoms with Crippen molar-refractivity contribution in [2.75, 3.05) is 11.4 Å². The number of aromatic nitrogens is 2. The lowest BCUT2D eigenvalue weighted by molar-refractivity contribution is -0.118. The van der Waals surface area contributed by atoms with Crippen molar-refractivity contribution in [2.24, 2.45) is 0 Å². The highest BCUT2D eigenvalue weighted by Crippen LogP contribution is 2.26. The minimum Gasteiger partial charge on any atom is -0.312 e. The van der Waals surface area contributed by atoms with E-state index in [0.717, 1.165) is 41.6 Å². The zero-order valence-corrected chi connectivity index (χ0v) is 16.6. The molecule has 0 aliphatic carbocycles. The van der Waals surface area contributed by atoms with E-state index in [1.165, 1.54) is 5.56 Å². The fraction of sp³-hybridized carbons (Fsp3) is 0.292. The van der Waals surface area contributed by atoms with Gasteiger partial charge in [-0.05, 0) is 67.5 Å². The second kappa shape index (κ2) is 9.79. The first-order chi connectivity index (χ1) is 13.6. The molecule has 0 bridgehead atoms. The monoisotopic (exact) mass is 373 g/mol. The first kappa shape index (κ1) is 19.7. The molecule has 0 unspecified atom stereocenters. The molecule has 0 radical (unpaired) electrons. The molecule has 0 N–H and O–H groups in total. The summed E-state index contributed by atoms with van der Waals surface area (Å²) in [5, 5.41) is 0. The molecule has 3 aromatic rings. The van der Waals surface area contributed by atoms with Gasteiger partial charge < -0.3 is 4.90 Å². The molecule has 0 aliphatic heterocycles. The number of anilines is 1. The van der Waals surface area contributed by atoms with Gasteiger partial charge >= 0.3 is 0 Å². The Bertz CT molecular complexity index is 874. The fourth-order valence-corrected chi connectivity index (χ4v) is 3.50. The van der Waals surface area contributed by atoms with E-state index >= 15 is 0 Å². The average molecular weight is 374 g/mol. The SMILES string of the molecule is Cc1cccc(C)c1N(CCc1cccnc1)C(=O)CCCc1cccnc1. The van der Waals surface area contributed by atoms with Crippen molar-refractivity contribution in [1.82, 2.24) is 9.97 Å². The van der Waals surface area contributed by atoms with Crippen LogP contribution in [-0.4, -0.2) is 22.4 Å². The van der Waals surface area contributed by atoms with Crippen LogP contribution in [0.4, 0.5) is 5.69 Å². The molecule has 28 heavy (non-hydrogen) atoms. The predicted octanol–water partition coefficient (Wildman–Crippen LogP) is 4.69. The highest BCUT2D eigenvalue weighted by Gasteiger charge is 2.19. The van der Waals surface area contributed by atoms with Crippen LogP contribution in [0.3, 0.4) is 0 Å². The van der Waals surface area contributed by atoms with Crippen LogP contribution in [0.1, 0.15) is 35.1 Å². The van der Waals surface area contributed by atoms with Gasteiger partial charge in [-0.1, -0.05) is 30.3 Å². The number of amides is 1. The van der Waals surface area contributed by atoms with Crippen molar-refractivity contribution in [3.8, 4) is 0 Å². The molecule has 3 rings (SSSR count). The van der Waals surface area contributed by atoms with Crippen LogP contribution in [0.25, 0.3) is 0 Å². The number of carbonyl (C=O) groups excluding carboxylic acids is 1. The molecule has 0 atom stereocenters. The highest BCUT2D eigenvalue weighted by molar-refractivity contribution is 5.95. The normalized spacial score (nSPS) is 10.6. The van der Waals surface area contributed by atoms with Crippen molar-refractivity contribution < 1.29 is 4.79 Å². The molecule has 0 saturated carbocycles. The standard InChI is InChI=1S/C24H27N3O/c1-19-7-3-8-20(2)24(19)27(16-13-22-11-6-15-26-18-22)23(28)12-4-9-21-10-5-14-25-17-21/h3,5-8,10-11,14-15,17-18H,4,9,12-13,16H2,1-2H3. The molecular weight excluding hydrogens is 346 g/mol. The number of rotatable bonds is 8. The van der Waals surface area contributed by atoms with Crippen LogP contribution in [0.5, 0.6) is 0 Å². The quantitative estimate of drug-likeness (QED) is 0.575. The van der Waals surface area contributed by atoms with Crippen molar-refractivity contribution in [3.05, 3.63) is 89.5 Å². The number of hydrogen-bond acceptors (Lipinski definition) is 3. The maximum absolute atomic E-state index is 13.2. The third-order valence-corrected chi connectivity index (χ3v) is 4.94. The van der Waals surface area contributed by atoms with Gasteiger partial charge in [0.05, 0.1) is 0 Å². The number of hydrogen-bond donors (Lipinski definition) is 0. The van der Waals surface area contributed by atoms with Crippen LogP contribution in [0.15, 0.2) is 67.3 Å². The summed E-state index contributed by atoms with van der Waals surface area (Å²) in [4.78, 5) is 23.5. The van der Waals surface area contributed by atoms with Gasteiger partial charge in [-0.3, -0.25) is 14.8 Å². The van der Waals surface area contributed by atoms with E-state index in [2.05, 4.69) is 48.1 Å². The van der Waals surface area contributed by atoms with Crippen molar-refractivity contribution >= 4 is 11.6 Å². The zero-order chi connectivity index (χ0) is 19.8. The van der Waals surface area contributed by atoms with Gasteiger partial charge in [-0.2, -0.15) is 0 Å². The van der Waals surface area contributed by atoms with E-state index < -0.39 is 0 Å². The van der Waals surface area contributed by atoms with E-state index in [9.17, 15) is 4.79 Å². The van der Waals surface area contributed by atoms with E-state index in [4.69, 9.17) is 0 Å². The van der Waals surface area contributed by atoms with Crippen LogP contribution in [-0.2, 0) is 17.6 Å². The number of pyridine rings is 2. The van der Waals surface area contributed by atoms with Crippen LogP contribution < -0.4 is 4.90 Å². The third-order valence-electron chi connectivity index (χ3n) is 4.94. The Morgan fingerprint density at radius 1 is 0.857 bits per heavy atom. The summed E-state index contributed by atoms with van der Waals surface area (Å²) in [5.74, 6) is 0.171. The van der Waals surface area contributed by atoms with Gasteiger partial charge in [0.15, 0.2) is 0 Å². The molecule has 2 heterocycles. The number of nitrogens with zero attached hydrogens (tertiary/aromatic N) is 3. The molecule has 4 nitrogen and oxygen atoms in total. The molecule has 0 saturated heterocycles. The van der Waals surface area contributed by atoms with Crippen molar-refractivity contribution in [3.63, 3.8) is 0 Å². The first-order valence-electron chi connectivity index (χ1n) is 9.79. The summed E-state index contributed by atoms with van der Waals surface area (Å²) >= 11 is 0. The molecule has 0 aliphatic rings. The van der Waals surface area contributed by atoms with Crippen LogP contribution in [0.2, 0.25) is 0 Å². The Morgan fingerprint density at radius 2 is 1.46 bits per heavy atom. The first-order valence-corrected chi connectivity index (χ1v) is 9.79. The Hall–Kier alpha value is -3.01. The predicted molar refractivity (Wildman–Crippen MR) is 113 cm³/mol. The number of para-hydroxylation sites is 1. The van der Waals surface area contributed by atoms with Gasteiger partial charge in [-0.25, -0.2) is 0 Å². The third kappa shape index (κ3) is 5.26. The topological polar surface area (TPSA) is 46.1 Å². The van der Waals surface area contributed by atoms with Crippen LogP contribution in [0, 0.1) is 13.8 Å². The fourth-order valence-electron chi connectivity index (χ4n) is 3.50. The summed E-state index contributed by atoms with van der Waals surface area (Å²) in [6.07, 6.45) is 10.3. The summed E-state index contributed by atoms with van der Waals surface area (Å²) in [6, 6.07) is 14.2. The Labute approximate surface area is 167 Å². The van der Waals surface area contributed by atoms with Gasteiger partial charge in [0, 0.05) is 43.4 Å². The Balaban J connectivity index is 1.72. The maximum atomic E-state index is 13.2. The molecule has 0 spiro atoms. The van der Waals surface area contributed by atoms with E-state index in [-0.39, 0.29) is 5.91 Å². The number of benzene rings is 1. The zero-order valence-electron chi connectivity index (χ0n) is 16.6. The highest BCUT2D eigenvalue weighted by atomic mass is 16.2. The Morgan fingerprint density at radius 3 is 2.04 bits per heavy atom. The molecule has 4 heteroatoms. The van der Waals surface area contributed by atoms with E-state index in [0.29, 0.717) is 13.0 Å². The molecule has 2 aromatic heterocycles. The van der Waals surface area contributed by atoms with Gasteiger partial charge in [0.1, 0.15) is 0 Å². The van der Waals surface area contributed by atoms with Gasteiger partial charge in [-0.15, -0.1) is 0 Å². The maximum Gasteiger partial charge on any atom is 0.227 e. The number of carbonyl (C=O) groups is 1. The van der Waals surface area contributed by atoms with Gasteiger partial charge in [0.25, 0.3) is 0 Å². The van der Waals surface area contributed by atoms with Crippen molar-refractivity contribution in [2.45, 2.75) is 39.5 Å². The summed E-state index contributed by atoms with van der Waals surface area (Å²) in [5.41, 5.74) is 5.61. The lowest BCUT2D eigenvalue weighted by atomic mass is 10.0. The lowest BCUT2D eigenvalue weighted by Crippen LogP contribution is -2.34. The second-order valence-electron chi connectivity index (χ2n) is 7.11. The Kier molecular flexibility index (Phi) is 6.90. The molecule has 0 fully saturated rings. The minimum absolute atomic E-state index is 0.171. The average Bonchev–Trinajstić information content (AvgIpc) is 2.71. The van der Waals surface area contributed by atoms with Crippen molar-refractivity contribution in [1.29, 1.82) is 0 Å². The minimum atomic E-state index is 0.171. The van der Waals surface area contributed by atoms with E-state index in [1.807, 2.05) is 35.5 Å². The molecule has 1 aromatic carbocycles. The summed E-state index contributed by atoms with van der Waals surface area (Å²) in [7, 11) is 0. The van der Waals surface area contributed by atoms with Crippen LogP contribution >= 0.6 is 0 Å². The summed E-state index contributed by atoms with van der Waals surface area (Å²) in [6.45, 7) is 4.80. The number of aryl methyl sites for hydroxylation is 3. The molecular formula is C24H27N3O. The molecule has 144 valence electrons. The molecule has 1 amide bonds. The smallest absolute Gasteiger partial charge is 0.227 e. The second-order valence-corrected chi connectivity index (χ2v) is 7.11. The largest absolute Gasteiger partial charge is 0.312 e. The summed E-state index contributed by atoms with van der Waals surface area (Å²) < 4.78 is 0. The lowest BCUT2D eigenvalue weighted by Gasteiger charge is -2.26. The van der Waals surface area contributed by atoms with Gasteiger partial charge in [0.2, 0.25) is 5.91 Å². The van der Waals surface area contributed by atoms with E-state index in [1.54, 1.807) is 12.4 Å².